The molecule has 2 aromatic carbocycles. The van der Waals surface area contributed by atoms with Gasteiger partial charge < -0.3 is 10.2 Å². The summed E-state index contributed by atoms with van der Waals surface area (Å²) in [6.07, 6.45) is 1.64. The summed E-state index contributed by atoms with van der Waals surface area (Å²) in [6, 6.07) is 15.3. The van der Waals surface area contributed by atoms with Gasteiger partial charge in [-0.1, -0.05) is 30.3 Å². The molecule has 0 fully saturated rings. The van der Waals surface area contributed by atoms with Crippen molar-refractivity contribution in [3.8, 4) is 11.8 Å². The molecule has 1 atom stereocenters. The van der Waals surface area contributed by atoms with Crippen molar-refractivity contribution in [2.24, 2.45) is 0 Å². The number of phenols is 1. The molecule has 5 nitrogen and oxygen atoms in total. The Hall–Kier alpha value is -3.26. The average Bonchev–Trinajstić information content (AvgIpc) is 2.82. The summed E-state index contributed by atoms with van der Waals surface area (Å²) in [5.74, 6) is -0.558. The molecule has 23 heavy (non-hydrogen) atoms. The van der Waals surface area contributed by atoms with Crippen molar-refractivity contribution < 1.29 is 15.0 Å². The van der Waals surface area contributed by atoms with Crippen LogP contribution in [-0.4, -0.2) is 22.2 Å². The first-order valence-electron chi connectivity index (χ1n) is 7.11. The molecule has 2 N–H and O–H groups in total. The molecule has 1 aliphatic heterocycles. The molecule has 3 rings (SSSR count). The molecule has 1 amide bonds. The second-order valence-electron chi connectivity index (χ2n) is 5.30. The number of phenolic OH excluding ortho intramolecular Hbond substituents is 1. The Morgan fingerprint density at radius 2 is 1.87 bits per heavy atom. The first-order valence-corrected chi connectivity index (χ1v) is 7.11. The molecule has 0 radical (unpaired) electrons. The summed E-state index contributed by atoms with van der Waals surface area (Å²) in [4.78, 5) is 13.6. The van der Waals surface area contributed by atoms with E-state index >= 15 is 0 Å². The van der Waals surface area contributed by atoms with E-state index in [4.69, 9.17) is 5.26 Å². The average molecular weight is 306 g/mol. The number of aromatic hydroxyl groups is 1. The Balaban J connectivity index is 1.94. The quantitative estimate of drug-likeness (QED) is 0.913. The number of hydrogen-bond donors (Lipinski definition) is 2. The zero-order valence-electron chi connectivity index (χ0n) is 12.2. The van der Waals surface area contributed by atoms with Gasteiger partial charge in [-0.25, -0.2) is 0 Å². The Kier molecular flexibility index (Phi) is 3.73. The fraction of sp³-hybridized carbons (Fsp3) is 0.111. The molecule has 0 aromatic heterocycles. The van der Waals surface area contributed by atoms with Crippen molar-refractivity contribution in [3.05, 3.63) is 71.5 Å². The molecule has 0 aliphatic carbocycles. The third kappa shape index (κ3) is 2.74. The number of rotatable bonds is 3. The van der Waals surface area contributed by atoms with E-state index in [9.17, 15) is 15.0 Å². The monoisotopic (exact) mass is 306 g/mol. The Morgan fingerprint density at radius 3 is 2.52 bits per heavy atom. The minimum absolute atomic E-state index is 0.0114. The third-order valence-electron chi connectivity index (χ3n) is 3.81. The van der Waals surface area contributed by atoms with E-state index in [1.807, 2.05) is 36.4 Å². The van der Waals surface area contributed by atoms with Gasteiger partial charge in [-0.15, -0.1) is 0 Å². The molecular formula is C18H14N2O3. The van der Waals surface area contributed by atoms with Gasteiger partial charge in [0.15, 0.2) is 0 Å². The molecule has 0 saturated carbocycles. The minimum atomic E-state index is -0.530. The maximum absolute atomic E-state index is 12.2. The van der Waals surface area contributed by atoms with Crippen molar-refractivity contribution >= 4 is 11.6 Å². The normalized spacial score (nSPS) is 17.0. The zero-order chi connectivity index (χ0) is 16.4. The molecule has 5 heteroatoms. The van der Waals surface area contributed by atoms with Crippen LogP contribution in [0.1, 0.15) is 11.1 Å². The summed E-state index contributed by atoms with van der Waals surface area (Å²) in [6.45, 7) is 0. The van der Waals surface area contributed by atoms with Gasteiger partial charge in [0, 0.05) is 24.3 Å². The van der Waals surface area contributed by atoms with Crippen LogP contribution in [0.25, 0.3) is 0 Å². The number of anilines is 1. The van der Waals surface area contributed by atoms with Gasteiger partial charge in [0.2, 0.25) is 0 Å². The van der Waals surface area contributed by atoms with Crippen LogP contribution in [0.3, 0.4) is 0 Å². The molecule has 1 aliphatic rings. The highest BCUT2D eigenvalue weighted by molar-refractivity contribution is 6.05. The number of nitrogens with zero attached hydrogens (tertiary/aromatic N) is 2. The molecule has 0 saturated heterocycles. The second kappa shape index (κ2) is 5.85. The lowest BCUT2D eigenvalue weighted by atomic mass is 10.0. The standard InChI is InChI=1S/C18H14N2O3/c19-11-13-6-7-14(9-16(13)21)20-15(17(22)10-18(20)23)8-12-4-2-1-3-5-12/h1-7,9-10,15,21-22H,8H2. The highest BCUT2D eigenvalue weighted by Gasteiger charge is 2.34. The first kappa shape index (κ1) is 14.7. The summed E-state index contributed by atoms with van der Waals surface area (Å²) < 4.78 is 0. The number of carbonyl (C=O) groups excluding carboxylic acids is 1. The number of amides is 1. The van der Waals surface area contributed by atoms with E-state index in [2.05, 4.69) is 0 Å². The lowest BCUT2D eigenvalue weighted by Gasteiger charge is -2.26. The van der Waals surface area contributed by atoms with Gasteiger partial charge in [-0.2, -0.15) is 5.26 Å². The predicted molar refractivity (Wildman–Crippen MR) is 85.0 cm³/mol. The van der Waals surface area contributed by atoms with E-state index < -0.39 is 6.04 Å². The minimum Gasteiger partial charge on any atom is -0.510 e. The third-order valence-corrected chi connectivity index (χ3v) is 3.81. The van der Waals surface area contributed by atoms with E-state index in [1.54, 1.807) is 6.07 Å². The van der Waals surface area contributed by atoms with Crippen LogP contribution in [0.2, 0.25) is 0 Å². The van der Waals surface area contributed by atoms with Crippen molar-refractivity contribution in [1.29, 1.82) is 5.26 Å². The largest absolute Gasteiger partial charge is 0.510 e. The van der Waals surface area contributed by atoms with Crippen LogP contribution < -0.4 is 4.90 Å². The van der Waals surface area contributed by atoms with Gasteiger partial charge >= 0.3 is 0 Å². The van der Waals surface area contributed by atoms with Crippen molar-refractivity contribution in [1.82, 2.24) is 0 Å². The number of aliphatic hydroxyl groups is 1. The molecule has 0 bridgehead atoms. The fourth-order valence-corrected chi connectivity index (χ4v) is 2.68. The Labute approximate surface area is 133 Å². The number of benzene rings is 2. The van der Waals surface area contributed by atoms with Gasteiger partial charge in [0.25, 0.3) is 5.91 Å². The number of carbonyl (C=O) groups is 1. The summed E-state index contributed by atoms with van der Waals surface area (Å²) in [7, 11) is 0. The summed E-state index contributed by atoms with van der Waals surface area (Å²) >= 11 is 0. The number of hydrogen-bond acceptors (Lipinski definition) is 4. The molecule has 2 aromatic rings. The van der Waals surface area contributed by atoms with Crippen molar-refractivity contribution in [2.45, 2.75) is 12.5 Å². The lowest BCUT2D eigenvalue weighted by Crippen LogP contribution is -2.36. The van der Waals surface area contributed by atoms with E-state index in [1.165, 1.54) is 23.1 Å². The highest BCUT2D eigenvalue weighted by Crippen LogP contribution is 2.31. The van der Waals surface area contributed by atoms with Gasteiger partial charge in [-0.3, -0.25) is 9.69 Å². The first-order chi connectivity index (χ1) is 11.1. The number of aliphatic hydroxyl groups excluding tert-OH is 1. The summed E-state index contributed by atoms with van der Waals surface area (Å²) in [5, 5.41) is 28.8. The zero-order valence-corrected chi connectivity index (χ0v) is 12.2. The highest BCUT2D eigenvalue weighted by atomic mass is 16.3. The van der Waals surface area contributed by atoms with Crippen LogP contribution in [0, 0.1) is 11.3 Å². The van der Waals surface area contributed by atoms with Crippen LogP contribution in [0.15, 0.2) is 60.4 Å². The van der Waals surface area contributed by atoms with Gasteiger partial charge in [-0.05, 0) is 17.7 Å². The molecule has 1 heterocycles. The molecule has 1 unspecified atom stereocenters. The molecular weight excluding hydrogens is 292 g/mol. The van der Waals surface area contributed by atoms with Crippen LogP contribution >= 0.6 is 0 Å². The van der Waals surface area contributed by atoms with E-state index in [0.29, 0.717) is 12.1 Å². The van der Waals surface area contributed by atoms with Crippen LogP contribution in [-0.2, 0) is 11.2 Å². The molecule has 0 spiro atoms. The van der Waals surface area contributed by atoms with Gasteiger partial charge in [0.1, 0.15) is 17.6 Å². The number of nitriles is 1. The second-order valence-corrected chi connectivity index (χ2v) is 5.30. The maximum atomic E-state index is 12.2. The van der Waals surface area contributed by atoms with Crippen LogP contribution in [0.5, 0.6) is 5.75 Å². The fourth-order valence-electron chi connectivity index (χ4n) is 2.68. The molecule has 114 valence electrons. The predicted octanol–water partition coefficient (Wildman–Crippen LogP) is 2.66. The smallest absolute Gasteiger partial charge is 0.255 e. The Bertz CT molecular complexity index is 822. The van der Waals surface area contributed by atoms with Crippen LogP contribution in [0.4, 0.5) is 5.69 Å². The maximum Gasteiger partial charge on any atom is 0.255 e. The van der Waals surface area contributed by atoms with Gasteiger partial charge in [0.05, 0.1) is 11.6 Å². The van der Waals surface area contributed by atoms with E-state index in [0.717, 1.165) is 5.56 Å². The SMILES string of the molecule is N#Cc1ccc(N2C(=O)C=C(O)C2Cc2ccccc2)cc1O. The topological polar surface area (TPSA) is 84.6 Å². The van der Waals surface area contributed by atoms with Crippen molar-refractivity contribution in [2.75, 3.05) is 4.90 Å². The van der Waals surface area contributed by atoms with Crippen molar-refractivity contribution in [3.63, 3.8) is 0 Å². The Morgan fingerprint density at radius 1 is 1.13 bits per heavy atom. The van der Waals surface area contributed by atoms with E-state index in [-0.39, 0.29) is 23.0 Å². The summed E-state index contributed by atoms with van der Waals surface area (Å²) in [5.41, 5.74) is 1.56. The lowest BCUT2D eigenvalue weighted by molar-refractivity contribution is -0.113.